The Hall–Kier alpha value is -0.570. The molecule has 1 rings (SSSR count). The Bertz CT molecular complexity index is 124. The molecule has 1 aliphatic rings. The van der Waals surface area contributed by atoms with E-state index in [1.165, 1.54) is 0 Å². The lowest BCUT2D eigenvalue weighted by atomic mass is 10.1. The highest BCUT2D eigenvalue weighted by molar-refractivity contribution is 5.77. The van der Waals surface area contributed by atoms with Crippen molar-refractivity contribution in [1.29, 1.82) is 0 Å². The number of nitrogens with two attached hydrogens (primary N) is 1. The Balaban J connectivity index is 2.39. The lowest BCUT2D eigenvalue weighted by Gasteiger charge is -1.99. The maximum Gasteiger partial charge on any atom is 0.221 e. The van der Waals surface area contributed by atoms with Crippen LogP contribution in [-0.2, 0) is 4.79 Å². The van der Waals surface area contributed by atoms with Crippen molar-refractivity contribution in [2.45, 2.75) is 19.4 Å². The molecule has 0 aromatic carbocycles. The van der Waals surface area contributed by atoms with E-state index in [9.17, 15) is 4.79 Å². The average molecular weight is 128 g/mol. The first-order valence-corrected chi connectivity index (χ1v) is 3.23. The molecular weight excluding hydrogens is 116 g/mol. The van der Waals surface area contributed by atoms with Gasteiger partial charge in [-0.3, -0.25) is 4.79 Å². The standard InChI is InChI=1S/C6H12N2O/c1-4-2-5(3-8-4)6(7)9/h4-5,8H,2-3H2,1H3,(H2,7,9)/t4-,5+/m1/s1. The van der Waals surface area contributed by atoms with Crippen LogP contribution in [0.25, 0.3) is 0 Å². The van der Waals surface area contributed by atoms with E-state index in [0.717, 1.165) is 13.0 Å². The van der Waals surface area contributed by atoms with Gasteiger partial charge in [-0.2, -0.15) is 0 Å². The summed E-state index contributed by atoms with van der Waals surface area (Å²) in [6.45, 7) is 2.82. The quantitative estimate of drug-likeness (QED) is 0.498. The fourth-order valence-electron chi connectivity index (χ4n) is 1.15. The Labute approximate surface area is 54.6 Å². The molecule has 3 heteroatoms. The lowest BCUT2D eigenvalue weighted by molar-refractivity contribution is -0.121. The molecule has 1 aliphatic heterocycles. The summed E-state index contributed by atoms with van der Waals surface area (Å²) in [5.41, 5.74) is 5.08. The predicted molar refractivity (Wildman–Crippen MR) is 34.8 cm³/mol. The van der Waals surface area contributed by atoms with Crippen molar-refractivity contribution in [3.8, 4) is 0 Å². The van der Waals surface area contributed by atoms with E-state index < -0.39 is 0 Å². The molecule has 1 saturated heterocycles. The summed E-state index contributed by atoms with van der Waals surface area (Å²) in [6.07, 6.45) is 0.898. The van der Waals surface area contributed by atoms with Gasteiger partial charge in [0, 0.05) is 12.6 Å². The van der Waals surface area contributed by atoms with Gasteiger partial charge in [0.25, 0.3) is 0 Å². The summed E-state index contributed by atoms with van der Waals surface area (Å²) in [5, 5.41) is 3.15. The first-order valence-electron chi connectivity index (χ1n) is 3.23. The molecule has 0 bridgehead atoms. The molecule has 0 aliphatic carbocycles. The van der Waals surface area contributed by atoms with E-state index >= 15 is 0 Å². The molecule has 1 fully saturated rings. The highest BCUT2D eigenvalue weighted by atomic mass is 16.1. The van der Waals surface area contributed by atoms with Crippen LogP contribution >= 0.6 is 0 Å². The minimum absolute atomic E-state index is 0.0694. The van der Waals surface area contributed by atoms with Crippen molar-refractivity contribution in [2.24, 2.45) is 11.7 Å². The van der Waals surface area contributed by atoms with Crippen LogP contribution in [-0.4, -0.2) is 18.5 Å². The number of hydrogen-bond acceptors (Lipinski definition) is 2. The van der Waals surface area contributed by atoms with Crippen LogP contribution in [0.1, 0.15) is 13.3 Å². The third-order valence-corrected chi connectivity index (χ3v) is 1.75. The molecule has 52 valence electrons. The minimum Gasteiger partial charge on any atom is -0.369 e. The van der Waals surface area contributed by atoms with Crippen molar-refractivity contribution < 1.29 is 4.79 Å². The smallest absolute Gasteiger partial charge is 0.221 e. The number of nitrogens with one attached hydrogen (secondary N) is 1. The van der Waals surface area contributed by atoms with Gasteiger partial charge in [0.1, 0.15) is 0 Å². The third-order valence-electron chi connectivity index (χ3n) is 1.75. The van der Waals surface area contributed by atoms with Crippen molar-refractivity contribution >= 4 is 5.91 Å². The third kappa shape index (κ3) is 1.42. The monoisotopic (exact) mass is 128 g/mol. The first kappa shape index (κ1) is 6.55. The van der Waals surface area contributed by atoms with Gasteiger partial charge in [0.15, 0.2) is 0 Å². The summed E-state index contributed by atoms with van der Waals surface area (Å²) in [6, 6.07) is 0.461. The number of primary amides is 1. The van der Waals surface area contributed by atoms with Gasteiger partial charge < -0.3 is 11.1 Å². The van der Waals surface area contributed by atoms with Gasteiger partial charge in [0.2, 0.25) is 5.91 Å². The second-order valence-electron chi connectivity index (χ2n) is 2.64. The lowest BCUT2D eigenvalue weighted by Crippen LogP contribution is -2.24. The van der Waals surface area contributed by atoms with Crippen LogP contribution in [0.2, 0.25) is 0 Å². The summed E-state index contributed by atoms with van der Waals surface area (Å²) in [7, 11) is 0. The SMILES string of the molecule is C[C@@H]1C[C@H](C(N)=O)CN1. The van der Waals surface area contributed by atoms with Crippen LogP contribution < -0.4 is 11.1 Å². The topological polar surface area (TPSA) is 55.1 Å². The number of carbonyl (C=O) groups is 1. The molecule has 0 spiro atoms. The van der Waals surface area contributed by atoms with Gasteiger partial charge in [-0.25, -0.2) is 0 Å². The number of rotatable bonds is 1. The van der Waals surface area contributed by atoms with Crippen LogP contribution in [0.3, 0.4) is 0 Å². The van der Waals surface area contributed by atoms with E-state index in [0.29, 0.717) is 6.04 Å². The molecule has 0 radical (unpaired) electrons. The molecule has 1 heterocycles. The van der Waals surface area contributed by atoms with Crippen LogP contribution in [0.15, 0.2) is 0 Å². The Kier molecular flexibility index (Phi) is 1.71. The second kappa shape index (κ2) is 2.35. The van der Waals surface area contributed by atoms with Crippen LogP contribution in [0, 0.1) is 5.92 Å². The van der Waals surface area contributed by atoms with Crippen LogP contribution in [0.4, 0.5) is 0 Å². The Morgan fingerprint density at radius 3 is 2.67 bits per heavy atom. The molecule has 0 unspecified atom stereocenters. The molecule has 1 amide bonds. The van der Waals surface area contributed by atoms with Crippen LogP contribution in [0.5, 0.6) is 0 Å². The minimum atomic E-state index is -0.174. The Morgan fingerprint density at radius 2 is 2.44 bits per heavy atom. The van der Waals surface area contributed by atoms with E-state index in [1.807, 2.05) is 0 Å². The van der Waals surface area contributed by atoms with E-state index in [-0.39, 0.29) is 11.8 Å². The van der Waals surface area contributed by atoms with E-state index in [4.69, 9.17) is 5.73 Å². The largest absolute Gasteiger partial charge is 0.369 e. The van der Waals surface area contributed by atoms with E-state index in [2.05, 4.69) is 12.2 Å². The van der Waals surface area contributed by atoms with Gasteiger partial charge in [-0.05, 0) is 13.3 Å². The normalized spacial score (nSPS) is 34.8. The molecule has 0 saturated carbocycles. The predicted octanol–water partition coefficient (Wildman–Crippen LogP) is -0.530. The average Bonchev–Trinajstić information content (AvgIpc) is 2.14. The number of carbonyl (C=O) groups excluding carboxylic acids is 1. The number of amides is 1. The fraction of sp³-hybridized carbons (Fsp3) is 0.833. The van der Waals surface area contributed by atoms with Crippen molar-refractivity contribution in [3.63, 3.8) is 0 Å². The molecule has 0 aromatic heterocycles. The maximum absolute atomic E-state index is 10.5. The highest BCUT2D eigenvalue weighted by Gasteiger charge is 2.24. The van der Waals surface area contributed by atoms with Gasteiger partial charge >= 0.3 is 0 Å². The van der Waals surface area contributed by atoms with Crippen molar-refractivity contribution in [2.75, 3.05) is 6.54 Å². The molecule has 3 N–H and O–H groups in total. The van der Waals surface area contributed by atoms with Crippen molar-refractivity contribution in [1.82, 2.24) is 5.32 Å². The van der Waals surface area contributed by atoms with Gasteiger partial charge in [-0.15, -0.1) is 0 Å². The summed E-state index contributed by atoms with van der Waals surface area (Å²) in [4.78, 5) is 10.5. The molecule has 0 aromatic rings. The number of hydrogen-bond donors (Lipinski definition) is 2. The first-order chi connectivity index (χ1) is 4.20. The van der Waals surface area contributed by atoms with Crippen molar-refractivity contribution in [3.05, 3.63) is 0 Å². The summed E-state index contributed by atoms with van der Waals surface area (Å²) in [5.74, 6) is -0.105. The Morgan fingerprint density at radius 1 is 1.78 bits per heavy atom. The maximum atomic E-state index is 10.5. The molecular formula is C6H12N2O. The zero-order valence-corrected chi connectivity index (χ0v) is 5.55. The van der Waals surface area contributed by atoms with Gasteiger partial charge in [0.05, 0.1) is 5.92 Å². The molecule has 3 nitrogen and oxygen atoms in total. The summed E-state index contributed by atoms with van der Waals surface area (Å²) >= 11 is 0. The summed E-state index contributed by atoms with van der Waals surface area (Å²) < 4.78 is 0. The highest BCUT2D eigenvalue weighted by Crippen LogP contribution is 2.11. The van der Waals surface area contributed by atoms with E-state index in [1.54, 1.807) is 0 Å². The van der Waals surface area contributed by atoms with Gasteiger partial charge in [-0.1, -0.05) is 0 Å². The second-order valence-corrected chi connectivity index (χ2v) is 2.64. The molecule has 2 atom stereocenters. The molecule has 9 heavy (non-hydrogen) atoms. The zero-order chi connectivity index (χ0) is 6.85. The zero-order valence-electron chi connectivity index (χ0n) is 5.55. The fourth-order valence-corrected chi connectivity index (χ4v) is 1.15.